The largest absolute Gasteiger partial charge is 0.491 e. The van der Waals surface area contributed by atoms with Gasteiger partial charge in [0, 0.05) is 0 Å². The van der Waals surface area contributed by atoms with E-state index in [1.165, 1.54) is 12.8 Å². The summed E-state index contributed by atoms with van der Waals surface area (Å²) in [4.78, 5) is 0. The zero-order valence-electron chi connectivity index (χ0n) is 13.4. The highest BCUT2D eigenvalue weighted by Crippen LogP contribution is 2.65. The third kappa shape index (κ3) is 3.09. The number of ether oxygens (including phenoxy) is 1. The van der Waals surface area contributed by atoms with Gasteiger partial charge in [-0.2, -0.15) is 0 Å². The summed E-state index contributed by atoms with van der Waals surface area (Å²) in [6, 6.07) is 9.43. The molecule has 1 aromatic rings. The molecule has 0 radical (unpaired) electrons. The zero-order valence-corrected chi connectivity index (χ0v) is 13.4. The summed E-state index contributed by atoms with van der Waals surface area (Å²) in [6.45, 7) is 7.32. The number of fused-ring (bicyclic) bond motifs is 2. The summed E-state index contributed by atoms with van der Waals surface area (Å²) in [5.41, 5.74) is 0.601. The van der Waals surface area contributed by atoms with Crippen molar-refractivity contribution in [2.24, 2.45) is 16.7 Å². The number of para-hydroxylation sites is 1. The molecule has 0 unspecified atom stereocenters. The second-order valence-corrected chi connectivity index (χ2v) is 7.01. The van der Waals surface area contributed by atoms with Gasteiger partial charge in [-0.05, 0) is 48.1 Å². The van der Waals surface area contributed by atoms with Crippen LogP contribution in [0.1, 0.15) is 40.0 Å². The van der Waals surface area contributed by atoms with Gasteiger partial charge in [-0.15, -0.1) is 0 Å². The van der Waals surface area contributed by atoms with Crippen LogP contribution in [0.3, 0.4) is 0 Å². The molecule has 3 rings (SSSR count). The Morgan fingerprint density at radius 1 is 1.19 bits per heavy atom. The number of aliphatic hydroxyl groups is 2. The molecule has 3 nitrogen and oxygen atoms in total. The van der Waals surface area contributed by atoms with Crippen LogP contribution in [0.5, 0.6) is 5.75 Å². The first kappa shape index (κ1) is 16.3. The molecule has 2 aliphatic rings. The van der Waals surface area contributed by atoms with Gasteiger partial charge < -0.3 is 14.9 Å². The molecule has 0 heterocycles. The van der Waals surface area contributed by atoms with Crippen molar-refractivity contribution >= 4 is 0 Å². The number of aliphatic hydroxyl groups excluding tert-OH is 2. The van der Waals surface area contributed by atoms with Crippen LogP contribution in [0.4, 0.5) is 0 Å². The highest BCUT2D eigenvalue weighted by atomic mass is 16.5. The average Bonchev–Trinajstić information content (AvgIpc) is 2.80. The Morgan fingerprint density at radius 3 is 2.24 bits per heavy atom. The number of rotatable bonds is 3. The molecule has 0 saturated heterocycles. The van der Waals surface area contributed by atoms with Gasteiger partial charge in [0.15, 0.2) is 0 Å². The number of hydrogen-bond donors (Lipinski definition) is 2. The molecule has 118 valence electrons. The monoisotopic (exact) mass is 292 g/mol. The van der Waals surface area contributed by atoms with E-state index in [1.54, 1.807) is 0 Å². The van der Waals surface area contributed by atoms with Crippen molar-refractivity contribution in [3.8, 4) is 5.75 Å². The molecule has 0 amide bonds. The van der Waals surface area contributed by atoms with Crippen LogP contribution in [-0.2, 0) is 0 Å². The minimum absolute atomic E-state index is 0.0313. The highest BCUT2D eigenvalue weighted by Gasteiger charge is 2.60. The van der Waals surface area contributed by atoms with E-state index in [0.29, 0.717) is 12.0 Å². The molecular weight excluding hydrogens is 264 g/mol. The molecule has 2 saturated carbocycles. The first-order chi connectivity index (χ1) is 9.91. The summed E-state index contributed by atoms with van der Waals surface area (Å²) >= 11 is 0. The van der Waals surface area contributed by atoms with Crippen LogP contribution in [0.25, 0.3) is 0 Å². The lowest BCUT2D eigenvalue weighted by Gasteiger charge is -2.36. The molecule has 2 fully saturated rings. The highest BCUT2D eigenvalue weighted by molar-refractivity contribution is 5.20. The number of benzene rings is 1. The summed E-state index contributed by atoms with van der Waals surface area (Å²) < 4.78 is 5.11. The van der Waals surface area contributed by atoms with E-state index in [-0.39, 0.29) is 18.1 Å². The molecule has 1 aromatic carbocycles. The fourth-order valence-electron chi connectivity index (χ4n) is 3.84. The molecule has 2 N–H and O–H groups in total. The standard InChI is InChI=1S/C10H18O.C8H10O2/c1-9(2)7-4-5-10(9,3)8(11)6-7;9-6-7-10-8-4-2-1-3-5-8/h7-8,11H,4-6H2,1-3H3;1-5,9H,6-7H2/t7-,8+,10-;/m1./s1. The van der Waals surface area contributed by atoms with E-state index in [2.05, 4.69) is 20.8 Å². The van der Waals surface area contributed by atoms with Gasteiger partial charge in [0.1, 0.15) is 12.4 Å². The summed E-state index contributed by atoms with van der Waals surface area (Å²) in [7, 11) is 0. The van der Waals surface area contributed by atoms with Crippen LogP contribution in [-0.4, -0.2) is 29.5 Å². The van der Waals surface area contributed by atoms with Crippen molar-refractivity contribution in [3.05, 3.63) is 30.3 Å². The summed E-state index contributed by atoms with van der Waals surface area (Å²) in [5, 5.41) is 18.2. The second-order valence-electron chi connectivity index (χ2n) is 7.01. The maximum Gasteiger partial charge on any atom is 0.119 e. The molecule has 2 bridgehead atoms. The maximum atomic E-state index is 9.81. The maximum absolute atomic E-state index is 9.81. The van der Waals surface area contributed by atoms with Gasteiger partial charge in [0.05, 0.1) is 12.7 Å². The predicted molar refractivity (Wildman–Crippen MR) is 84.3 cm³/mol. The first-order valence-electron chi connectivity index (χ1n) is 7.88. The third-order valence-corrected chi connectivity index (χ3v) is 5.85. The second kappa shape index (κ2) is 6.37. The zero-order chi connectivity index (χ0) is 15.5. The fourth-order valence-corrected chi connectivity index (χ4v) is 3.84. The van der Waals surface area contributed by atoms with Crippen molar-refractivity contribution in [2.75, 3.05) is 13.2 Å². The lowest BCUT2D eigenvalue weighted by Crippen LogP contribution is -2.35. The van der Waals surface area contributed by atoms with Crippen molar-refractivity contribution < 1.29 is 14.9 Å². The molecule has 2 aliphatic carbocycles. The molecule has 3 atom stereocenters. The van der Waals surface area contributed by atoms with Crippen molar-refractivity contribution in [2.45, 2.75) is 46.1 Å². The van der Waals surface area contributed by atoms with E-state index in [4.69, 9.17) is 9.84 Å². The summed E-state index contributed by atoms with van der Waals surface area (Å²) in [6.07, 6.45) is 3.58. The minimum Gasteiger partial charge on any atom is -0.491 e. The van der Waals surface area contributed by atoms with Crippen molar-refractivity contribution in [1.82, 2.24) is 0 Å². The topological polar surface area (TPSA) is 49.7 Å². The molecule has 0 aliphatic heterocycles. The van der Waals surface area contributed by atoms with Crippen LogP contribution < -0.4 is 4.74 Å². The SMILES string of the molecule is CC1(C)[C@@H]2CC[C@]1(C)[C@@H](O)C2.OCCOc1ccccc1. The average molecular weight is 292 g/mol. The van der Waals surface area contributed by atoms with Crippen molar-refractivity contribution in [3.63, 3.8) is 0 Å². The van der Waals surface area contributed by atoms with Gasteiger partial charge in [0.25, 0.3) is 0 Å². The predicted octanol–water partition coefficient (Wildman–Crippen LogP) is 3.25. The van der Waals surface area contributed by atoms with Gasteiger partial charge in [-0.1, -0.05) is 39.0 Å². The Balaban J connectivity index is 0.000000155. The number of hydrogen-bond acceptors (Lipinski definition) is 3. The van der Waals surface area contributed by atoms with Crippen molar-refractivity contribution in [1.29, 1.82) is 0 Å². The molecule has 0 spiro atoms. The van der Waals surface area contributed by atoms with E-state index in [1.807, 2.05) is 30.3 Å². The van der Waals surface area contributed by atoms with E-state index in [0.717, 1.165) is 18.1 Å². The van der Waals surface area contributed by atoms with Crippen LogP contribution >= 0.6 is 0 Å². The van der Waals surface area contributed by atoms with Crippen LogP contribution in [0.15, 0.2) is 30.3 Å². The first-order valence-corrected chi connectivity index (χ1v) is 7.88. The quantitative estimate of drug-likeness (QED) is 0.899. The Morgan fingerprint density at radius 2 is 1.86 bits per heavy atom. The van der Waals surface area contributed by atoms with Gasteiger partial charge in [0.2, 0.25) is 0 Å². The lowest BCUT2D eigenvalue weighted by atomic mass is 9.70. The molecular formula is C18H28O3. The Kier molecular flexibility index (Phi) is 4.95. The van der Waals surface area contributed by atoms with Crippen LogP contribution in [0.2, 0.25) is 0 Å². The van der Waals surface area contributed by atoms with Gasteiger partial charge in [-0.3, -0.25) is 0 Å². The third-order valence-electron chi connectivity index (χ3n) is 5.85. The van der Waals surface area contributed by atoms with Gasteiger partial charge >= 0.3 is 0 Å². The smallest absolute Gasteiger partial charge is 0.119 e. The molecule has 21 heavy (non-hydrogen) atoms. The van der Waals surface area contributed by atoms with E-state index < -0.39 is 0 Å². The Labute approximate surface area is 128 Å². The normalized spacial score (nSPS) is 32.4. The Bertz CT molecular complexity index is 443. The Hall–Kier alpha value is -1.06. The minimum atomic E-state index is -0.0313. The lowest BCUT2D eigenvalue weighted by molar-refractivity contribution is 0.0126. The fraction of sp³-hybridized carbons (Fsp3) is 0.667. The van der Waals surface area contributed by atoms with E-state index in [9.17, 15) is 5.11 Å². The molecule has 3 heteroatoms. The molecule has 0 aromatic heterocycles. The summed E-state index contributed by atoms with van der Waals surface area (Å²) in [5.74, 6) is 1.58. The van der Waals surface area contributed by atoms with Gasteiger partial charge in [-0.25, -0.2) is 0 Å². The van der Waals surface area contributed by atoms with E-state index >= 15 is 0 Å². The van der Waals surface area contributed by atoms with Crippen LogP contribution in [0, 0.1) is 16.7 Å².